The number of nitrogens with two attached hydrogens (primary N) is 1. The lowest BCUT2D eigenvalue weighted by atomic mass is 9.87. The summed E-state index contributed by atoms with van der Waals surface area (Å²) in [6.45, 7) is 7.64. The van der Waals surface area contributed by atoms with E-state index in [1.54, 1.807) is 6.26 Å². The summed E-state index contributed by atoms with van der Waals surface area (Å²) < 4.78 is 5.15. The van der Waals surface area contributed by atoms with Gasteiger partial charge in [0.25, 0.3) is 0 Å². The molecule has 3 nitrogen and oxygen atoms in total. The van der Waals surface area contributed by atoms with Crippen LogP contribution in [0, 0.1) is 11.8 Å². The third-order valence-corrected chi connectivity index (χ3v) is 3.96. The summed E-state index contributed by atoms with van der Waals surface area (Å²) in [6.07, 6.45) is 4.82. The largest absolute Gasteiger partial charge is 0.472 e. The fourth-order valence-corrected chi connectivity index (χ4v) is 2.54. The Morgan fingerprint density at radius 3 is 2.88 bits per heavy atom. The number of hydrogen-bond donors (Lipinski definition) is 1. The Kier molecular flexibility index (Phi) is 3.66. The first-order valence-corrected chi connectivity index (χ1v) is 6.18. The van der Waals surface area contributed by atoms with Crippen LogP contribution in [0.4, 0.5) is 0 Å². The molecular formula is C13H22N2O. The Morgan fingerprint density at radius 1 is 1.50 bits per heavy atom. The topological polar surface area (TPSA) is 42.4 Å². The molecule has 3 heteroatoms. The molecule has 1 saturated heterocycles. The van der Waals surface area contributed by atoms with Gasteiger partial charge in [-0.25, -0.2) is 0 Å². The van der Waals surface area contributed by atoms with E-state index in [2.05, 4.69) is 18.7 Å². The molecule has 2 heterocycles. The van der Waals surface area contributed by atoms with Crippen molar-refractivity contribution in [2.24, 2.45) is 17.6 Å². The van der Waals surface area contributed by atoms with E-state index in [0.717, 1.165) is 24.9 Å². The summed E-state index contributed by atoms with van der Waals surface area (Å²) in [7, 11) is 0. The van der Waals surface area contributed by atoms with Gasteiger partial charge in [-0.05, 0) is 30.9 Å². The summed E-state index contributed by atoms with van der Waals surface area (Å²) in [6, 6.07) is 2.36. The van der Waals surface area contributed by atoms with Gasteiger partial charge in [-0.2, -0.15) is 0 Å². The second kappa shape index (κ2) is 5.02. The second-order valence-corrected chi connectivity index (χ2v) is 5.05. The van der Waals surface area contributed by atoms with Crippen LogP contribution in [-0.2, 0) is 0 Å². The van der Waals surface area contributed by atoms with E-state index in [0.29, 0.717) is 12.6 Å². The first-order valence-electron chi connectivity index (χ1n) is 6.18. The van der Waals surface area contributed by atoms with Crippen molar-refractivity contribution in [2.75, 3.05) is 19.6 Å². The van der Waals surface area contributed by atoms with Crippen molar-refractivity contribution >= 4 is 0 Å². The monoisotopic (exact) mass is 222 g/mol. The van der Waals surface area contributed by atoms with Crippen molar-refractivity contribution in [1.82, 2.24) is 4.90 Å². The van der Waals surface area contributed by atoms with E-state index in [1.165, 1.54) is 12.0 Å². The SMILES string of the molecule is CC1CCN(C(CN)c2ccoc2)CC1C. The van der Waals surface area contributed by atoms with Crippen molar-refractivity contribution < 1.29 is 4.42 Å². The molecule has 0 aliphatic carbocycles. The van der Waals surface area contributed by atoms with Crippen molar-refractivity contribution in [1.29, 1.82) is 0 Å². The molecule has 3 atom stereocenters. The highest BCUT2D eigenvalue weighted by atomic mass is 16.3. The lowest BCUT2D eigenvalue weighted by molar-refractivity contribution is 0.0980. The highest BCUT2D eigenvalue weighted by Crippen LogP contribution is 2.29. The van der Waals surface area contributed by atoms with Crippen LogP contribution in [0.1, 0.15) is 31.9 Å². The smallest absolute Gasteiger partial charge is 0.0950 e. The van der Waals surface area contributed by atoms with Gasteiger partial charge >= 0.3 is 0 Å². The quantitative estimate of drug-likeness (QED) is 0.853. The minimum absolute atomic E-state index is 0.327. The van der Waals surface area contributed by atoms with Crippen LogP contribution < -0.4 is 5.73 Å². The molecule has 2 N–H and O–H groups in total. The standard InChI is InChI=1S/C13H22N2O/c1-10-3-5-15(8-11(10)2)13(7-14)12-4-6-16-9-12/h4,6,9-11,13H,3,5,7-8,14H2,1-2H3. The minimum Gasteiger partial charge on any atom is -0.472 e. The van der Waals surface area contributed by atoms with Crippen molar-refractivity contribution in [3.63, 3.8) is 0 Å². The molecule has 0 spiro atoms. The van der Waals surface area contributed by atoms with Crippen molar-refractivity contribution in [2.45, 2.75) is 26.3 Å². The molecule has 0 amide bonds. The molecule has 2 rings (SSSR count). The molecule has 16 heavy (non-hydrogen) atoms. The Bertz CT molecular complexity index is 310. The number of likely N-dealkylation sites (tertiary alicyclic amines) is 1. The van der Waals surface area contributed by atoms with Gasteiger partial charge in [0.05, 0.1) is 18.6 Å². The van der Waals surface area contributed by atoms with E-state index in [9.17, 15) is 0 Å². The number of rotatable bonds is 3. The Balaban J connectivity index is 2.05. The van der Waals surface area contributed by atoms with Crippen LogP contribution in [0.3, 0.4) is 0 Å². The van der Waals surface area contributed by atoms with Gasteiger partial charge in [-0.3, -0.25) is 4.90 Å². The number of nitrogens with zero attached hydrogens (tertiary/aromatic N) is 1. The average Bonchev–Trinajstić information content (AvgIpc) is 2.78. The lowest BCUT2D eigenvalue weighted by Crippen LogP contribution is -2.42. The average molecular weight is 222 g/mol. The van der Waals surface area contributed by atoms with E-state index in [4.69, 9.17) is 10.2 Å². The van der Waals surface area contributed by atoms with Gasteiger partial charge in [-0.1, -0.05) is 13.8 Å². The van der Waals surface area contributed by atoms with Crippen molar-refractivity contribution in [3.05, 3.63) is 24.2 Å². The molecule has 90 valence electrons. The lowest BCUT2D eigenvalue weighted by Gasteiger charge is -2.39. The zero-order chi connectivity index (χ0) is 11.5. The Morgan fingerprint density at radius 2 is 2.31 bits per heavy atom. The van der Waals surface area contributed by atoms with Crippen LogP contribution in [0.25, 0.3) is 0 Å². The van der Waals surface area contributed by atoms with Crippen LogP contribution >= 0.6 is 0 Å². The number of furan rings is 1. The first-order chi connectivity index (χ1) is 7.72. The molecule has 0 radical (unpaired) electrons. The van der Waals surface area contributed by atoms with E-state index in [1.807, 2.05) is 12.3 Å². The minimum atomic E-state index is 0.327. The van der Waals surface area contributed by atoms with Gasteiger partial charge in [0.2, 0.25) is 0 Å². The zero-order valence-electron chi connectivity index (χ0n) is 10.2. The maximum atomic E-state index is 5.89. The Hall–Kier alpha value is -0.800. The highest BCUT2D eigenvalue weighted by Gasteiger charge is 2.28. The van der Waals surface area contributed by atoms with Gasteiger partial charge in [0.15, 0.2) is 0 Å². The van der Waals surface area contributed by atoms with E-state index >= 15 is 0 Å². The highest BCUT2D eigenvalue weighted by molar-refractivity contribution is 5.12. The number of hydrogen-bond acceptors (Lipinski definition) is 3. The molecule has 1 aliphatic rings. The van der Waals surface area contributed by atoms with Crippen molar-refractivity contribution in [3.8, 4) is 0 Å². The van der Waals surface area contributed by atoms with E-state index < -0.39 is 0 Å². The molecule has 1 aromatic heterocycles. The van der Waals surface area contributed by atoms with Crippen LogP contribution in [0.2, 0.25) is 0 Å². The van der Waals surface area contributed by atoms with Gasteiger partial charge in [-0.15, -0.1) is 0 Å². The summed E-state index contributed by atoms with van der Waals surface area (Å²) in [5.74, 6) is 1.59. The fraction of sp³-hybridized carbons (Fsp3) is 0.692. The second-order valence-electron chi connectivity index (χ2n) is 5.05. The van der Waals surface area contributed by atoms with Crippen LogP contribution in [0.15, 0.2) is 23.0 Å². The van der Waals surface area contributed by atoms with Crippen LogP contribution in [0.5, 0.6) is 0 Å². The normalized spacial score (nSPS) is 29.2. The maximum Gasteiger partial charge on any atom is 0.0950 e. The summed E-state index contributed by atoms with van der Waals surface area (Å²) in [5.41, 5.74) is 7.10. The third-order valence-electron chi connectivity index (χ3n) is 3.96. The van der Waals surface area contributed by atoms with Crippen LogP contribution in [-0.4, -0.2) is 24.5 Å². The van der Waals surface area contributed by atoms with Gasteiger partial charge in [0, 0.05) is 18.7 Å². The maximum absolute atomic E-state index is 5.89. The van der Waals surface area contributed by atoms with Gasteiger partial charge in [0.1, 0.15) is 0 Å². The molecule has 1 fully saturated rings. The molecule has 0 saturated carbocycles. The predicted octanol–water partition coefficient (Wildman–Crippen LogP) is 2.26. The number of piperidine rings is 1. The third kappa shape index (κ3) is 2.30. The fourth-order valence-electron chi connectivity index (χ4n) is 2.54. The molecule has 3 unspecified atom stereocenters. The Labute approximate surface area is 97.6 Å². The first kappa shape index (κ1) is 11.7. The van der Waals surface area contributed by atoms with E-state index in [-0.39, 0.29) is 0 Å². The predicted molar refractivity (Wildman–Crippen MR) is 65.0 cm³/mol. The molecular weight excluding hydrogens is 200 g/mol. The summed E-state index contributed by atoms with van der Waals surface area (Å²) in [4.78, 5) is 2.50. The summed E-state index contributed by atoms with van der Waals surface area (Å²) >= 11 is 0. The summed E-state index contributed by atoms with van der Waals surface area (Å²) in [5, 5.41) is 0. The van der Waals surface area contributed by atoms with Gasteiger partial charge < -0.3 is 10.2 Å². The molecule has 1 aromatic rings. The zero-order valence-corrected chi connectivity index (χ0v) is 10.2. The molecule has 1 aliphatic heterocycles. The molecule has 0 bridgehead atoms. The molecule has 0 aromatic carbocycles.